The average Bonchev–Trinajstić information content (AvgIpc) is 2.72. The first-order valence-electron chi connectivity index (χ1n) is 8.55. The van der Waals surface area contributed by atoms with Crippen molar-refractivity contribution in [3.63, 3.8) is 0 Å². The third-order valence-electron chi connectivity index (χ3n) is 4.15. The summed E-state index contributed by atoms with van der Waals surface area (Å²) in [5.74, 6) is 0. The van der Waals surface area contributed by atoms with Gasteiger partial charge >= 0.3 is 0 Å². The minimum absolute atomic E-state index is 0.505. The Morgan fingerprint density at radius 1 is 0.682 bits per heavy atom. The van der Waals surface area contributed by atoms with Crippen molar-refractivity contribution < 1.29 is 0 Å². The standard InChI is InChI=1S/C17H33B2N3/c1-12(2)21(13(3)4)18-16-10-11-17(20(16)9)19-22(14(5)6)15(7)8/h10-15H,1-9H3. The zero-order chi connectivity index (χ0) is 17.0. The van der Waals surface area contributed by atoms with Gasteiger partial charge in [0.1, 0.15) is 0 Å². The molecule has 1 aromatic rings. The van der Waals surface area contributed by atoms with Crippen LogP contribution in [0, 0.1) is 0 Å². The number of hydrogen-bond acceptors (Lipinski definition) is 2. The fraction of sp³-hybridized carbons (Fsp3) is 0.765. The molecule has 1 rings (SSSR count). The third-order valence-corrected chi connectivity index (χ3v) is 4.15. The van der Waals surface area contributed by atoms with E-state index in [0.717, 1.165) is 0 Å². The average molecular weight is 301 g/mol. The molecular formula is C17H33B2N3. The van der Waals surface area contributed by atoms with Gasteiger partial charge in [0.2, 0.25) is 0 Å². The maximum Gasteiger partial charge on any atom is 0.270 e. The minimum Gasteiger partial charge on any atom is -0.366 e. The molecule has 0 spiro atoms. The lowest BCUT2D eigenvalue weighted by atomic mass is 9.82. The van der Waals surface area contributed by atoms with Gasteiger partial charge in [-0.3, -0.25) is 0 Å². The van der Waals surface area contributed by atoms with Gasteiger partial charge in [0.05, 0.1) is 0 Å². The Labute approximate surface area is 139 Å². The molecule has 0 atom stereocenters. The Balaban J connectivity index is 2.89. The first-order chi connectivity index (χ1) is 10.1. The topological polar surface area (TPSA) is 11.4 Å². The van der Waals surface area contributed by atoms with Crippen molar-refractivity contribution in [1.29, 1.82) is 0 Å². The summed E-state index contributed by atoms with van der Waals surface area (Å²) in [6.45, 7) is 17.9. The molecule has 0 N–H and O–H groups in total. The van der Waals surface area contributed by atoms with Crippen LogP contribution in [0.5, 0.6) is 0 Å². The van der Waals surface area contributed by atoms with Crippen molar-refractivity contribution >= 4 is 26.0 Å². The molecule has 0 saturated heterocycles. The summed E-state index contributed by atoms with van der Waals surface area (Å²) < 4.78 is 2.27. The first-order valence-corrected chi connectivity index (χ1v) is 8.55. The van der Waals surface area contributed by atoms with Gasteiger partial charge in [-0.05, 0) is 35.4 Å². The number of aromatic nitrogens is 1. The summed E-state index contributed by atoms with van der Waals surface area (Å²) in [4.78, 5) is 4.81. The highest BCUT2D eigenvalue weighted by Crippen LogP contribution is 2.04. The van der Waals surface area contributed by atoms with Gasteiger partial charge in [-0.25, -0.2) is 0 Å². The summed E-state index contributed by atoms with van der Waals surface area (Å²) in [5, 5.41) is 0. The SMILES string of the molecule is CC(C)N([B]c1ccc([B]N(C(C)C)C(C)C)n1C)C(C)C. The Hall–Kier alpha value is -0.670. The van der Waals surface area contributed by atoms with Crippen LogP contribution < -0.4 is 11.2 Å². The second-order valence-electron chi connectivity index (χ2n) is 7.27. The van der Waals surface area contributed by atoms with Gasteiger partial charge in [0.25, 0.3) is 14.8 Å². The van der Waals surface area contributed by atoms with Crippen LogP contribution in [-0.2, 0) is 7.05 Å². The van der Waals surface area contributed by atoms with Gasteiger partial charge in [-0.2, -0.15) is 0 Å². The molecule has 1 heterocycles. The molecule has 0 fully saturated rings. The Bertz CT molecular complexity index is 397. The third kappa shape index (κ3) is 4.92. The zero-order valence-electron chi connectivity index (χ0n) is 16.0. The van der Waals surface area contributed by atoms with E-state index in [1.807, 2.05) is 0 Å². The molecular weight excluding hydrogens is 268 g/mol. The molecule has 0 aliphatic heterocycles. The Morgan fingerprint density at radius 3 is 1.18 bits per heavy atom. The van der Waals surface area contributed by atoms with E-state index in [-0.39, 0.29) is 0 Å². The lowest BCUT2D eigenvalue weighted by Gasteiger charge is -2.31. The van der Waals surface area contributed by atoms with E-state index in [1.54, 1.807) is 0 Å². The molecule has 5 heteroatoms. The largest absolute Gasteiger partial charge is 0.366 e. The molecule has 0 aliphatic carbocycles. The van der Waals surface area contributed by atoms with Crippen LogP contribution >= 0.6 is 0 Å². The number of nitrogens with zero attached hydrogens (tertiary/aromatic N) is 3. The van der Waals surface area contributed by atoms with E-state index in [2.05, 4.69) is 104 Å². The van der Waals surface area contributed by atoms with Crippen LogP contribution in [0.25, 0.3) is 0 Å². The van der Waals surface area contributed by atoms with Crippen LogP contribution in [0.2, 0.25) is 0 Å². The molecule has 0 saturated carbocycles. The molecule has 22 heavy (non-hydrogen) atoms. The summed E-state index contributed by atoms with van der Waals surface area (Å²) in [7, 11) is 6.71. The van der Waals surface area contributed by atoms with Crippen molar-refractivity contribution in [3.05, 3.63) is 12.1 Å². The fourth-order valence-corrected chi connectivity index (χ4v) is 2.90. The molecule has 0 bridgehead atoms. The quantitative estimate of drug-likeness (QED) is 0.678. The maximum absolute atomic E-state index is 2.40. The smallest absolute Gasteiger partial charge is 0.270 e. The van der Waals surface area contributed by atoms with E-state index >= 15 is 0 Å². The molecule has 3 nitrogen and oxygen atoms in total. The van der Waals surface area contributed by atoms with E-state index in [4.69, 9.17) is 0 Å². The van der Waals surface area contributed by atoms with Gasteiger partial charge in [-0.15, -0.1) is 0 Å². The van der Waals surface area contributed by atoms with Crippen LogP contribution in [0.15, 0.2) is 12.1 Å². The van der Waals surface area contributed by atoms with E-state index in [0.29, 0.717) is 24.2 Å². The van der Waals surface area contributed by atoms with Gasteiger partial charge in [0.15, 0.2) is 0 Å². The van der Waals surface area contributed by atoms with Gasteiger partial charge in [0, 0.05) is 7.05 Å². The monoisotopic (exact) mass is 301 g/mol. The van der Waals surface area contributed by atoms with Crippen molar-refractivity contribution in [2.75, 3.05) is 0 Å². The van der Waals surface area contributed by atoms with Crippen molar-refractivity contribution in [1.82, 2.24) is 14.2 Å². The number of hydrogen-bond donors (Lipinski definition) is 0. The van der Waals surface area contributed by atoms with Gasteiger partial charge < -0.3 is 14.2 Å². The second-order valence-corrected chi connectivity index (χ2v) is 7.27. The van der Waals surface area contributed by atoms with E-state index in [9.17, 15) is 0 Å². The Morgan fingerprint density at radius 2 is 0.955 bits per heavy atom. The normalized spacial score (nSPS) is 12.5. The molecule has 0 aliphatic rings. The molecule has 2 radical (unpaired) electrons. The van der Waals surface area contributed by atoms with Crippen molar-refractivity contribution in [2.45, 2.75) is 79.6 Å². The molecule has 1 aromatic heterocycles. The summed E-state index contributed by atoms with van der Waals surface area (Å²) in [6, 6.07) is 6.44. The lowest BCUT2D eigenvalue weighted by Crippen LogP contribution is -2.50. The predicted molar refractivity (Wildman–Crippen MR) is 100 cm³/mol. The van der Waals surface area contributed by atoms with E-state index in [1.165, 1.54) is 11.2 Å². The second kappa shape index (κ2) is 8.26. The van der Waals surface area contributed by atoms with Crippen molar-refractivity contribution in [3.8, 4) is 0 Å². The molecule has 122 valence electrons. The first kappa shape index (κ1) is 19.4. The van der Waals surface area contributed by atoms with Crippen LogP contribution in [-0.4, -0.2) is 53.2 Å². The highest BCUT2D eigenvalue weighted by molar-refractivity contribution is 6.54. The molecule has 0 aromatic carbocycles. The Kier molecular flexibility index (Phi) is 7.27. The lowest BCUT2D eigenvalue weighted by molar-refractivity contribution is 0.314. The summed E-state index contributed by atoms with van der Waals surface area (Å²) in [6.07, 6.45) is 0. The zero-order valence-corrected chi connectivity index (χ0v) is 16.0. The van der Waals surface area contributed by atoms with Gasteiger partial charge in [-0.1, -0.05) is 67.5 Å². The summed E-state index contributed by atoms with van der Waals surface area (Å²) >= 11 is 0. The highest BCUT2D eigenvalue weighted by Gasteiger charge is 2.21. The van der Waals surface area contributed by atoms with Crippen LogP contribution in [0.3, 0.4) is 0 Å². The molecule has 0 unspecified atom stereocenters. The maximum atomic E-state index is 2.40. The fourth-order valence-electron chi connectivity index (χ4n) is 2.90. The predicted octanol–water partition coefficient (Wildman–Crippen LogP) is 1.75. The summed E-state index contributed by atoms with van der Waals surface area (Å²) in [5.41, 5.74) is 2.50. The number of rotatable bonds is 8. The van der Waals surface area contributed by atoms with E-state index < -0.39 is 0 Å². The van der Waals surface area contributed by atoms with Crippen LogP contribution in [0.1, 0.15) is 55.4 Å². The van der Waals surface area contributed by atoms with Crippen LogP contribution in [0.4, 0.5) is 0 Å². The minimum atomic E-state index is 0.505. The highest BCUT2D eigenvalue weighted by atomic mass is 15.1. The van der Waals surface area contributed by atoms with Crippen molar-refractivity contribution in [2.24, 2.45) is 7.05 Å². The molecule has 0 amide bonds.